The summed E-state index contributed by atoms with van der Waals surface area (Å²) in [4.78, 5) is 18.8. The maximum absolute atomic E-state index is 10.8. The SMILES string of the molecule is O=C(O)c1ccc(-n2cc(-c3ccncn3)cn2)cc1. The van der Waals surface area contributed by atoms with E-state index in [1.807, 2.05) is 6.20 Å². The molecule has 6 nitrogen and oxygen atoms in total. The van der Waals surface area contributed by atoms with Crippen LogP contribution in [0.1, 0.15) is 10.4 Å². The van der Waals surface area contributed by atoms with Crippen molar-refractivity contribution >= 4 is 5.97 Å². The summed E-state index contributed by atoms with van der Waals surface area (Å²) in [6.07, 6.45) is 6.68. The maximum atomic E-state index is 10.8. The second-order valence-electron chi connectivity index (χ2n) is 4.12. The van der Waals surface area contributed by atoms with Gasteiger partial charge >= 0.3 is 5.97 Å². The highest BCUT2D eigenvalue weighted by atomic mass is 16.4. The third kappa shape index (κ3) is 2.26. The first-order valence-corrected chi connectivity index (χ1v) is 5.89. The summed E-state index contributed by atoms with van der Waals surface area (Å²) in [6, 6.07) is 8.31. The molecule has 0 aliphatic carbocycles. The Kier molecular flexibility index (Phi) is 2.96. The van der Waals surface area contributed by atoms with E-state index in [1.54, 1.807) is 47.4 Å². The summed E-state index contributed by atoms with van der Waals surface area (Å²) < 4.78 is 1.67. The van der Waals surface area contributed by atoms with Crippen molar-refractivity contribution in [2.75, 3.05) is 0 Å². The molecule has 1 N–H and O–H groups in total. The van der Waals surface area contributed by atoms with Crippen LogP contribution < -0.4 is 0 Å². The lowest BCUT2D eigenvalue weighted by atomic mass is 10.2. The molecule has 0 bridgehead atoms. The second kappa shape index (κ2) is 4.93. The van der Waals surface area contributed by atoms with Gasteiger partial charge in [0, 0.05) is 18.0 Å². The monoisotopic (exact) mass is 266 g/mol. The molecule has 0 aliphatic rings. The van der Waals surface area contributed by atoms with E-state index in [2.05, 4.69) is 15.1 Å². The first-order valence-electron chi connectivity index (χ1n) is 5.89. The summed E-state index contributed by atoms with van der Waals surface area (Å²) >= 11 is 0. The molecule has 3 rings (SSSR count). The molecule has 0 spiro atoms. The van der Waals surface area contributed by atoms with E-state index in [-0.39, 0.29) is 5.56 Å². The first kappa shape index (κ1) is 12.0. The minimum atomic E-state index is -0.946. The maximum Gasteiger partial charge on any atom is 0.335 e. The van der Waals surface area contributed by atoms with Crippen LogP contribution in [0.3, 0.4) is 0 Å². The molecule has 0 atom stereocenters. The van der Waals surface area contributed by atoms with Crippen LogP contribution in [0.15, 0.2) is 55.2 Å². The van der Waals surface area contributed by atoms with Crippen molar-refractivity contribution in [1.29, 1.82) is 0 Å². The molecule has 0 aliphatic heterocycles. The molecular weight excluding hydrogens is 256 g/mol. The van der Waals surface area contributed by atoms with Gasteiger partial charge < -0.3 is 5.11 Å². The van der Waals surface area contributed by atoms with Crippen molar-refractivity contribution in [1.82, 2.24) is 19.7 Å². The highest BCUT2D eigenvalue weighted by molar-refractivity contribution is 5.87. The number of hydrogen-bond acceptors (Lipinski definition) is 4. The Bertz CT molecular complexity index is 735. The standard InChI is InChI=1S/C14H10N4O2/c19-14(20)10-1-3-12(4-2-10)18-8-11(7-17-18)13-5-6-15-9-16-13/h1-9H,(H,19,20). The zero-order valence-corrected chi connectivity index (χ0v) is 10.3. The Morgan fingerprint density at radius 1 is 1.15 bits per heavy atom. The fourth-order valence-electron chi connectivity index (χ4n) is 1.81. The van der Waals surface area contributed by atoms with Gasteiger partial charge in [-0.3, -0.25) is 0 Å². The summed E-state index contributed by atoms with van der Waals surface area (Å²) in [5.74, 6) is -0.946. The van der Waals surface area contributed by atoms with Crippen LogP contribution in [0.25, 0.3) is 16.9 Å². The Morgan fingerprint density at radius 2 is 1.95 bits per heavy atom. The Hall–Kier alpha value is -3.02. The van der Waals surface area contributed by atoms with E-state index in [0.29, 0.717) is 0 Å². The highest BCUT2D eigenvalue weighted by Crippen LogP contribution is 2.17. The molecule has 20 heavy (non-hydrogen) atoms. The van der Waals surface area contributed by atoms with Crippen LogP contribution in [0.2, 0.25) is 0 Å². The van der Waals surface area contributed by atoms with E-state index < -0.39 is 5.97 Å². The lowest BCUT2D eigenvalue weighted by Crippen LogP contribution is -1.98. The molecule has 2 heterocycles. The minimum Gasteiger partial charge on any atom is -0.478 e. The largest absolute Gasteiger partial charge is 0.478 e. The number of rotatable bonds is 3. The zero-order valence-electron chi connectivity index (χ0n) is 10.3. The fourth-order valence-corrected chi connectivity index (χ4v) is 1.81. The fraction of sp³-hybridized carbons (Fsp3) is 0. The summed E-state index contributed by atoms with van der Waals surface area (Å²) in [5, 5.41) is 13.1. The van der Waals surface area contributed by atoms with Gasteiger partial charge in [-0.25, -0.2) is 19.4 Å². The highest BCUT2D eigenvalue weighted by Gasteiger charge is 2.06. The van der Waals surface area contributed by atoms with Crippen LogP contribution in [0, 0.1) is 0 Å². The van der Waals surface area contributed by atoms with Gasteiger partial charge in [0.25, 0.3) is 0 Å². The number of hydrogen-bond donors (Lipinski definition) is 1. The van der Waals surface area contributed by atoms with Gasteiger partial charge in [0.2, 0.25) is 0 Å². The van der Waals surface area contributed by atoms with Crippen molar-refractivity contribution in [2.24, 2.45) is 0 Å². The summed E-state index contributed by atoms with van der Waals surface area (Å²) in [6.45, 7) is 0. The molecule has 98 valence electrons. The van der Waals surface area contributed by atoms with Crippen molar-refractivity contribution in [3.05, 3.63) is 60.8 Å². The van der Waals surface area contributed by atoms with Gasteiger partial charge in [-0.2, -0.15) is 5.10 Å². The molecule has 0 fully saturated rings. The average molecular weight is 266 g/mol. The van der Waals surface area contributed by atoms with Crippen LogP contribution in [0.5, 0.6) is 0 Å². The Balaban J connectivity index is 1.92. The van der Waals surface area contributed by atoms with E-state index >= 15 is 0 Å². The number of nitrogens with zero attached hydrogens (tertiary/aromatic N) is 4. The lowest BCUT2D eigenvalue weighted by molar-refractivity contribution is 0.0697. The number of aromatic carboxylic acids is 1. The minimum absolute atomic E-state index is 0.247. The van der Waals surface area contributed by atoms with Crippen LogP contribution in [-0.2, 0) is 0 Å². The predicted octanol–water partition coefficient (Wildman–Crippen LogP) is 2.03. The van der Waals surface area contributed by atoms with Gasteiger partial charge in [0.05, 0.1) is 23.1 Å². The normalized spacial score (nSPS) is 10.4. The average Bonchev–Trinajstić information content (AvgIpc) is 2.98. The number of carboxylic acids is 1. The predicted molar refractivity (Wildman–Crippen MR) is 71.5 cm³/mol. The molecule has 6 heteroatoms. The van der Waals surface area contributed by atoms with Crippen molar-refractivity contribution in [3.63, 3.8) is 0 Å². The van der Waals surface area contributed by atoms with Crippen LogP contribution in [-0.4, -0.2) is 30.8 Å². The molecular formula is C14H10N4O2. The van der Waals surface area contributed by atoms with E-state index in [4.69, 9.17) is 5.11 Å². The van der Waals surface area contributed by atoms with E-state index in [0.717, 1.165) is 16.9 Å². The van der Waals surface area contributed by atoms with Crippen LogP contribution in [0.4, 0.5) is 0 Å². The lowest BCUT2D eigenvalue weighted by Gasteiger charge is -2.01. The molecule has 0 radical (unpaired) electrons. The van der Waals surface area contributed by atoms with E-state index in [1.165, 1.54) is 6.33 Å². The molecule has 0 unspecified atom stereocenters. The van der Waals surface area contributed by atoms with Gasteiger partial charge in [0.15, 0.2) is 0 Å². The van der Waals surface area contributed by atoms with Crippen molar-refractivity contribution in [3.8, 4) is 16.9 Å². The van der Waals surface area contributed by atoms with Crippen LogP contribution >= 0.6 is 0 Å². The van der Waals surface area contributed by atoms with Gasteiger partial charge in [-0.15, -0.1) is 0 Å². The molecule has 0 saturated carbocycles. The zero-order chi connectivity index (χ0) is 13.9. The molecule has 0 saturated heterocycles. The number of benzene rings is 1. The third-order valence-electron chi connectivity index (χ3n) is 2.84. The molecule has 3 aromatic rings. The molecule has 2 aromatic heterocycles. The van der Waals surface area contributed by atoms with Gasteiger partial charge in [0.1, 0.15) is 6.33 Å². The Labute approximate surface area is 114 Å². The topological polar surface area (TPSA) is 80.9 Å². The van der Waals surface area contributed by atoms with Gasteiger partial charge in [-0.1, -0.05) is 0 Å². The summed E-state index contributed by atoms with van der Waals surface area (Å²) in [5.41, 5.74) is 2.69. The quantitative estimate of drug-likeness (QED) is 0.784. The molecule has 0 amide bonds. The first-order chi connectivity index (χ1) is 9.74. The van der Waals surface area contributed by atoms with Gasteiger partial charge in [-0.05, 0) is 30.3 Å². The third-order valence-corrected chi connectivity index (χ3v) is 2.84. The second-order valence-corrected chi connectivity index (χ2v) is 4.12. The number of aromatic nitrogens is 4. The smallest absolute Gasteiger partial charge is 0.335 e. The molecule has 1 aromatic carbocycles. The van der Waals surface area contributed by atoms with Crippen molar-refractivity contribution in [2.45, 2.75) is 0 Å². The summed E-state index contributed by atoms with van der Waals surface area (Å²) in [7, 11) is 0. The number of carbonyl (C=O) groups is 1. The number of carboxylic acid groups (broad SMARTS) is 1. The van der Waals surface area contributed by atoms with E-state index in [9.17, 15) is 4.79 Å². The Morgan fingerprint density at radius 3 is 2.60 bits per heavy atom. The van der Waals surface area contributed by atoms with Crippen molar-refractivity contribution < 1.29 is 9.90 Å².